The molecule has 0 N–H and O–H groups in total. The molecule has 0 radical (unpaired) electrons. The summed E-state index contributed by atoms with van der Waals surface area (Å²) in [5.41, 5.74) is 0. The second kappa shape index (κ2) is 20.6. The number of rotatable bonds is 22. The van der Waals surface area contributed by atoms with Crippen molar-refractivity contribution in [3.05, 3.63) is 12.4 Å². The summed E-state index contributed by atoms with van der Waals surface area (Å²) in [7, 11) is 0. The van der Waals surface area contributed by atoms with Crippen molar-refractivity contribution in [2.75, 3.05) is 19.8 Å². The van der Waals surface area contributed by atoms with Gasteiger partial charge in [-0.1, -0.05) is 129 Å². The zero-order valence-electron chi connectivity index (χ0n) is 20.3. The molecule has 0 atom stereocenters. The van der Waals surface area contributed by atoms with Gasteiger partial charge in [0, 0.05) is 25.5 Å². The molecule has 29 heavy (non-hydrogen) atoms. The molecule has 0 saturated heterocycles. The maximum atomic E-state index is 2.52. The molecule has 0 aliphatic carbocycles. The van der Waals surface area contributed by atoms with Crippen molar-refractivity contribution >= 4 is 0 Å². The van der Waals surface area contributed by atoms with Crippen LogP contribution in [0.2, 0.25) is 0 Å². The van der Waals surface area contributed by atoms with E-state index in [4.69, 9.17) is 0 Å². The standard InChI is InChI=1S/C27H54N2/c1-3-5-7-9-11-13-14-16-18-20-22-24-29-26-25-28(27-29)23-21-19-17-15-12-10-8-6-4-2/h25-26H,3-24,27H2,1-2H3. The van der Waals surface area contributed by atoms with Crippen LogP contribution in [0.4, 0.5) is 0 Å². The van der Waals surface area contributed by atoms with E-state index in [0.717, 1.165) is 6.67 Å². The van der Waals surface area contributed by atoms with Crippen molar-refractivity contribution in [2.45, 2.75) is 142 Å². The molecule has 0 bridgehead atoms. The van der Waals surface area contributed by atoms with E-state index in [-0.39, 0.29) is 0 Å². The van der Waals surface area contributed by atoms with Crippen LogP contribution in [0.15, 0.2) is 12.4 Å². The summed E-state index contributed by atoms with van der Waals surface area (Å²) in [4.78, 5) is 5.03. The summed E-state index contributed by atoms with van der Waals surface area (Å²) in [6.45, 7) is 8.23. The van der Waals surface area contributed by atoms with E-state index >= 15 is 0 Å². The maximum Gasteiger partial charge on any atom is 0.0893 e. The normalized spacial score (nSPS) is 13.7. The molecule has 0 aromatic rings. The second-order valence-electron chi connectivity index (χ2n) is 9.43. The van der Waals surface area contributed by atoms with E-state index in [1.165, 1.54) is 142 Å². The molecule has 172 valence electrons. The smallest absolute Gasteiger partial charge is 0.0893 e. The lowest BCUT2D eigenvalue weighted by Gasteiger charge is -2.21. The molecule has 1 heterocycles. The highest BCUT2D eigenvalue weighted by Crippen LogP contribution is 2.14. The molecule has 0 amide bonds. The predicted octanol–water partition coefficient (Wildman–Crippen LogP) is 8.87. The SMILES string of the molecule is CCCCCCCCCCCCCN1C=CN(CCCCCCCCCCC)C1. The van der Waals surface area contributed by atoms with Crippen molar-refractivity contribution in [2.24, 2.45) is 0 Å². The molecule has 0 unspecified atom stereocenters. The van der Waals surface area contributed by atoms with Crippen molar-refractivity contribution in [1.29, 1.82) is 0 Å². The average Bonchev–Trinajstić information content (AvgIpc) is 3.18. The minimum absolute atomic E-state index is 1.13. The summed E-state index contributed by atoms with van der Waals surface area (Å²) in [6, 6.07) is 0. The third-order valence-electron chi connectivity index (χ3n) is 6.45. The van der Waals surface area contributed by atoms with Crippen molar-refractivity contribution in [3.63, 3.8) is 0 Å². The Labute approximate surface area is 184 Å². The van der Waals surface area contributed by atoms with Crippen LogP contribution in [0.3, 0.4) is 0 Å². The van der Waals surface area contributed by atoms with Gasteiger partial charge in [-0.05, 0) is 12.8 Å². The minimum Gasteiger partial charge on any atom is -0.359 e. The van der Waals surface area contributed by atoms with Crippen molar-refractivity contribution in [3.8, 4) is 0 Å². The molecule has 1 aliphatic heterocycles. The summed E-state index contributed by atoms with van der Waals surface area (Å²) in [5.74, 6) is 0. The summed E-state index contributed by atoms with van der Waals surface area (Å²) < 4.78 is 0. The largest absolute Gasteiger partial charge is 0.359 e. The van der Waals surface area contributed by atoms with Gasteiger partial charge in [-0.25, -0.2) is 0 Å². The first-order valence-corrected chi connectivity index (χ1v) is 13.5. The zero-order chi connectivity index (χ0) is 20.8. The Morgan fingerprint density at radius 1 is 0.414 bits per heavy atom. The number of hydrogen-bond donors (Lipinski definition) is 0. The van der Waals surface area contributed by atoms with Gasteiger partial charge in [-0.2, -0.15) is 0 Å². The number of hydrogen-bond acceptors (Lipinski definition) is 2. The fourth-order valence-corrected chi connectivity index (χ4v) is 4.41. The molecule has 0 fully saturated rings. The molecule has 0 spiro atoms. The van der Waals surface area contributed by atoms with Crippen LogP contribution in [0.5, 0.6) is 0 Å². The Balaban J connectivity index is 1.80. The van der Waals surface area contributed by atoms with Gasteiger partial charge in [0.05, 0.1) is 6.67 Å². The van der Waals surface area contributed by atoms with Crippen LogP contribution in [-0.4, -0.2) is 29.6 Å². The molecule has 1 rings (SSSR count). The van der Waals surface area contributed by atoms with Crippen LogP contribution in [0, 0.1) is 0 Å². The van der Waals surface area contributed by atoms with Crippen LogP contribution >= 0.6 is 0 Å². The quantitative estimate of drug-likeness (QED) is 0.166. The Morgan fingerprint density at radius 2 is 0.690 bits per heavy atom. The van der Waals surface area contributed by atoms with E-state index in [9.17, 15) is 0 Å². The Morgan fingerprint density at radius 3 is 1.00 bits per heavy atom. The summed E-state index contributed by atoms with van der Waals surface area (Å²) in [6.07, 6.45) is 33.2. The van der Waals surface area contributed by atoms with Gasteiger partial charge < -0.3 is 9.80 Å². The first-order chi connectivity index (χ1) is 14.4. The third-order valence-corrected chi connectivity index (χ3v) is 6.45. The third kappa shape index (κ3) is 16.8. The lowest BCUT2D eigenvalue weighted by Crippen LogP contribution is -2.26. The fourth-order valence-electron chi connectivity index (χ4n) is 4.41. The van der Waals surface area contributed by atoms with E-state index in [1.54, 1.807) is 0 Å². The molecular weight excluding hydrogens is 352 g/mol. The van der Waals surface area contributed by atoms with Gasteiger partial charge in [-0.3, -0.25) is 0 Å². The van der Waals surface area contributed by atoms with Crippen LogP contribution in [-0.2, 0) is 0 Å². The van der Waals surface area contributed by atoms with Crippen LogP contribution in [0.25, 0.3) is 0 Å². The monoisotopic (exact) mass is 406 g/mol. The van der Waals surface area contributed by atoms with E-state index in [1.807, 2.05) is 0 Å². The number of unbranched alkanes of at least 4 members (excludes halogenated alkanes) is 18. The molecule has 2 nitrogen and oxygen atoms in total. The minimum atomic E-state index is 1.13. The fraction of sp³-hybridized carbons (Fsp3) is 0.926. The molecule has 0 saturated carbocycles. The second-order valence-corrected chi connectivity index (χ2v) is 9.43. The topological polar surface area (TPSA) is 6.48 Å². The summed E-state index contributed by atoms with van der Waals surface area (Å²) in [5, 5.41) is 0. The Kier molecular flexibility index (Phi) is 18.7. The van der Waals surface area contributed by atoms with Crippen molar-refractivity contribution in [1.82, 2.24) is 9.80 Å². The molecule has 0 aromatic heterocycles. The van der Waals surface area contributed by atoms with E-state index in [0.29, 0.717) is 0 Å². The highest BCUT2D eigenvalue weighted by molar-refractivity contribution is 4.90. The Hall–Kier alpha value is -0.660. The maximum absolute atomic E-state index is 2.52. The van der Waals surface area contributed by atoms with E-state index in [2.05, 4.69) is 36.0 Å². The Bertz CT molecular complexity index is 352. The van der Waals surface area contributed by atoms with Gasteiger partial charge in [0.2, 0.25) is 0 Å². The van der Waals surface area contributed by atoms with Gasteiger partial charge in [0.15, 0.2) is 0 Å². The highest BCUT2D eigenvalue weighted by atomic mass is 15.3. The molecule has 1 aliphatic rings. The molecule has 0 aromatic carbocycles. The van der Waals surface area contributed by atoms with Gasteiger partial charge in [0.1, 0.15) is 0 Å². The van der Waals surface area contributed by atoms with Gasteiger partial charge in [-0.15, -0.1) is 0 Å². The zero-order valence-corrected chi connectivity index (χ0v) is 20.3. The highest BCUT2D eigenvalue weighted by Gasteiger charge is 2.10. The lowest BCUT2D eigenvalue weighted by atomic mass is 10.1. The van der Waals surface area contributed by atoms with Crippen LogP contribution in [0.1, 0.15) is 142 Å². The molecule has 2 heteroatoms. The molecular formula is C27H54N2. The number of nitrogens with zero attached hydrogens (tertiary/aromatic N) is 2. The van der Waals surface area contributed by atoms with Crippen molar-refractivity contribution < 1.29 is 0 Å². The first-order valence-electron chi connectivity index (χ1n) is 13.5. The predicted molar refractivity (Wildman–Crippen MR) is 131 cm³/mol. The average molecular weight is 407 g/mol. The van der Waals surface area contributed by atoms with E-state index < -0.39 is 0 Å². The lowest BCUT2D eigenvalue weighted by molar-refractivity contribution is 0.257. The first kappa shape index (κ1) is 26.4. The van der Waals surface area contributed by atoms with Crippen LogP contribution < -0.4 is 0 Å². The van der Waals surface area contributed by atoms with Gasteiger partial charge in [0.25, 0.3) is 0 Å². The summed E-state index contributed by atoms with van der Waals surface area (Å²) >= 11 is 0. The van der Waals surface area contributed by atoms with Gasteiger partial charge >= 0.3 is 0 Å².